The van der Waals surface area contributed by atoms with Crippen LogP contribution in [-0.4, -0.2) is 20.9 Å². The molecule has 0 fully saturated rings. The van der Waals surface area contributed by atoms with Crippen molar-refractivity contribution in [2.24, 2.45) is 0 Å². The van der Waals surface area contributed by atoms with Gasteiger partial charge >= 0.3 is 5.97 Å². The molecule has 0 bridgehead atoms. The summed E-state index contributed by atoms with van der Waals surface area (Å²) in [5, 5.41) is 13.9. The Hall–Kier alpha value is -1.84. The third-order valence-electron chi connectivity index (χ3n) is 2.26. The Bertz CT molecular complexity index is 502. The highest BCUT2D eigenvalue weighted by atomic mass is 16.4. The lowest BCUT2D eigenvalue weighted by atomic mass is 10.2. The van der Waals surface area contributed by atoms with Crippen molar-refractivity contribution in [3.63, 3.8) is 0 Å². The molecule has 0 aliphatic heterocycles. The molecule has 15 heavy (non-hydrogen) atoms. The second-order valence-electron chi connectivity index (χ2n) is 3.60. The van der Waals surface area contributed by atoms with Gasteiger partial charge in [0.25, 0.3) is 0 Å². The molecule has 1 heterocycles. The van der Waals surface area contributed by atoms with E-state index in [9.17, 15) is 4.79 Å². The first-order chi connectivity index (χ1) is 7.15. The molecule has 0 radical (unpaired) electrons. The predicted molar refractivity (Wildman–Crippen MR) is 56.7 cm³/mol. The van der Waals surface area contributed by atoms with Gasteiger partial charge in [0, 0.05) is 11.6 Å². The molecule has 0 unspecified atom stereocenters. The SMILES string of the molecule is Cc1ccc2cn(CCC(=O)O)nc2c1. The summed E-state index contributed by atoms with van der Waals surface area (Å²) in [6, 6.07) is 6.01. The Kier molecular flexibility index (Phi) is 2.41. The second kappa shape index (κ2) is 3.73. The van der Waals surface area contributed by atoms with Crippen molar-refractivity contribution < 1.29 is 9.90 Å². The maximum Gasteiger partial charge on any atom is 0.305 e. The summed E-state index contributed by atoms with van der Waals surface area (Å²) in [5.41, 5.74) is 2.08. The van der Waals surface area contributed by atoms with Crippen LogP contribution in [0.25, 0.3) is 10.9 Å². The highest BCUT2D eigenvalue weighted by Gasteiger charge is 2.02. The van der Waals surface area contributed by atoms with Crippen molar-refractivity contribution in [2.45, 2.75) is 19.9 Å². The minimum atomic E-state index is -0.800. The zero-order valence-corrected chi connectivity index (χ0v) is 8.47. The average molecular weight is 204 g/mol. The van der Waals surface area contributed by atoms with Gasteiger partial charge in [-0.05, 0) is 18.6 Å². The van der Waals surface area contributed by atoms with Crippen LogP contribution in [0.4, 0.5) is 0 Å². The zero-order chi connectivity index (χ0) is 10.8. The molecule has 0 saturated carbocycles. The highest BCUT2D eigenvalue weighted by molar-refractivity contribution is 5.78. The molecule has 0 amide bonds. The number of benzene rings is 1. The molecule has 4 nitrogen and oxygen atoms in total. The van der Waals surface area contributed by atoms with Crippen LogP contribution >= 0.6 is 0 Å². The first-order valence-corrected chi connectivity index (χ1v) is 4.81. The molecule has 78 valence electrons. The summed E-state index contributed by atoms with van der Waals surface area (Å²) in [6.45, 7) is 2.43. The number of carbonyl (C=O) groups is 1. The molecule has 2 aromatic rings. The topological polar surface area (TPSA) is 55.1 Å². The van der Waals surface area contributed by atoms with E-state index < -0.39 is 5.97 Å². The van der Waals surface area contributed by atoms with E-state index >= 15 is 0 Å². The predicted octanol–water partition coefficient (Wildman–Crippen LogP) is 1.82. The number of fused-ring (bicyclic) bond motifs is 1. The van der Waals surface area contributed by atoms with E-state index in [4.69, 9.17) is 5.11 Å². The molecule has 0 saturated heterocycles. The van der Waals surface area contributed by atoms with Crippen LogP contribution in [0, 0.1) is 6.92 Å². The van der Waals surface area contributed by atoms with Crippen molar-refractivity contribution in [3.05, 3.63) is 30.0 Å². The molecular weight excluding hydrogens is 192 g/mol. The summed E-state index contributed by atoms with van der Waals surface area (Å²) in [5.74, 6) is -0.800. The normalized spacial score (nSPS) is 10.7. The second-order valence-corrected chi connectivity index (χ2v) is 3.60. The fraction of sp³-hybridized carbons (Fsp3) is 0.273. The molecule has 0 aliphatic carbocycles. The van der Waals surface area contributed by atoms with Crippen LogP contribution in [0.3, 0.4) is 0 Å². The van der Waals surface area contributed by atoms with Crippen molar-refractivity contribution in [1.29, 1.82) is 0 Å². The van der Waals surface area contributed by atoms with Crippen molar-refractivity contribution >= 4 is 16.9 Å². The van der Waals surface area contributed by atoms with E-state index in [0.717, 1.165) is 16.5 Å². The van der Waals surface area contributed by atoms with Gasteiger partial charge in [0.2, 0.25) is 0 Å². The van der Waals surface area contributed by atoms with E-state index in [2.05, 4.69) is 5.10 Å². The first-order valence-electron chi connectivity index (χ1n) is 4.81. The summed E-state index contributed by atoms with van der Waals surface area (Å²) >= 11 is 0. The van der Waals surface area contributed by atoms with Crippen LogP contribution in [0.2, 0.25) is 0 Å². The molecule has 1 aromatic heterocycles. The van der Waals surface area contributed by atoms with Gasteiger partial charge in [-0.3, -0.25) is 9.48 Å². The van der Waals surface area contributed by atoms with Gasteiger partial charge in [0.15, 0.2) is 0 Å². The summed E-state index contributed by atoms with van der Waals surface area (Å²) < 4.78 is 1.68. The van der Waals surface area contributed by atoms with Gasteiger partial charge in [-0.25, -0.2) is 0 Å². The Morgan fingerprint density at radius 3 is 3.07 bits per heavy atom. The Morgan fingerprint density at radius 2 is 2.33 bits per heavy atom. The smallest absolute Gasteiger partial charge is 0.305 e. The monoisotopic (exact) mass is 204 g/mol. The third kappa shape index (κ3) is 2.15. The average Bonchev–Trinajstić information content (AvgIpc) is 2.56. The number of rotatable bonds is 3. The number of carboxylic acid groups (broad SMARTS) is 1. The van der Waals surface area contributed by atoms with E-state index in [0.29, 0.717) is 6.54 Å². The molecule has 2 rings (SSSR count). The highest BCUT2D eigenvalue weighted by Crippen LogP contribution is 2.13. The molecule has 1 aromatic carbocycles. The van der Waals surface area contributed by atoms with E-state index in [-0.39, 0.29) is 6.42 Å². The van der Waals surface area contributed by atoms with Crippen LogP contribution in [0.15, 0.2) is 24.4 Å². The summed E-state index contributed by atoms with van der Waals surface area (Å²) in [4.78, 5) is 10.4. The van der Waals surface area contributed by atoms with Gasteiger partial charge in [0.1, 0.15) is 0 Å². The lowest BCUT2D eigenvalue weighted by Crippen LogP contribution is -2.04. The minimum absolute atomic E-state index is 0.104. The molecule has 1 N–H and O–H groups in total. The number of aromatic nitrogens is 2. The van der Waals surface area contributed by atoms with Crippen molar-refractivity contribution in [2.75, 3.05) is 0 Å². The van der Waals surface area contributed by atoms with E-state index in [1.54, 1.807) is 4.68 Å². The fourth-order valence-corrected chi connectivity index (χ4v) is 1.50. The Morgan fingerprint density at radius 1 is 1.53 bits per heavy atom. The number of carboxylic acids is 1. The summed E-state index contributed by atoms with van der Waals surface area (Å²) in [7, 11) is 0. The molecular formula is C11H12N2O2. The van der Waals surface area contributed by atoms with Gasteiger partial charge in [0.05, 0.1) is 18.5 Å². The van der Waals surface area contributed by atoms with E-state index in [1.807, 2.05) is 31.3 Å². The van der Waals surface area contributed by atoms with Gasteiger partial charge in [-0.1, -0.05) is 12.1 Å². The number of aliphatic carboxylic acids is 1. The fourth-order valence-electron chi connectivity index (χ4n) is 1.50. The summed E-state index contributed by atoms with van der Waals surface area (Å²) in [6.07, 6.45) is 1.98. The van der Waals surface area contributed by atoms with Gasteiger partial charge < -0.3 is 5.11 Å². The molecule has 0 atom stereocenters. The van der Waals surface area contributed by atoms with Crippen LogP contribution in [0.1, 0.15) is 12.0 Å². The standard InChI is InChI=1S/C11H12N2O2/c1-8-2-3-9-7-13(5-4-11(14)15)12-10(9)6-8/h2-3,6-7H,4-5H2,1H3,(H,14,15). The van der Waals surface area contributed by atoms with Crippen LogP contribution < -0.4 is 0 Å². The maximum absolute atomic E-state index is 10.4. The van der Waals surface area contributed by atoms with Gasteiger partial charge in [-0.2, -0.15) is 5.10 Å². The minimum Gasteiger partial charge on any atom is -0.481 e. The largest absolute Gasteiger partial charge is 0.481 e. The number of hydrogen-bond acceptors (Lipinski definition) is 2. The Balaban J connectivity index is 2.27. The number of hydrogen-bond donors (Lipinski definition) is 1. The molecule has 4 heteroatoms. The quantitative estimate of drug-likeness (QED) is 0.829. The maximum atomic E-state index is 10.4. The van der Waals surface area contributed by atoms with Crippen molar-refractivity contribution in [1.82, 2.24) is 9.78 Å². The Labute approximate surface area is 87.1 Å². The number of aryl methyl sites for hydroxylation is 2. The van der Waals surface area contributed by atoms with Gasteiger partial charge in [-0.15, -0.1) is 0 Å². The lowest BCUT2D eigenvalue weighted by molar-refractivity contribution is -0.137. The third-order valence-corrected chi connectivity index (χ3v) is 2.26. The molecule has 0 aliphatic rings. The van der Waals surface area contributed by atoms with Crippen LogP contribution in [-0.2, 0) is 11.3 Å². The van der Waals surface area contributed by atoms with E-state index in [1.165, 1.54) is 0 Å². The number of nitrogens with zero attached hydrogens (tertiary/aromatic N) is 2. The lowest BCUT2D eigenvalue weighted by Gasteiger charge is -1.95. The van der Waals surface area contributed by atoms with Crippen molar-refractivity contribution in [3.8, 4) is 0 Å². The van der Waals surface area contributed by atoms with Crippen LogP contribution in [0.5, 0.6) is 0 Å². The molecule has 0 spiro atoms. The first kappa shape index (κ1) is 9.71. The zero-order valence-electron chi connectivity index (χ0n) is 8.47.